The van der Waals surface area contributed by atoms with Gasteiger partial charge in [0.15, 0.2) is 0 Å². The Morgan fingerprint density at radius 2 is 1.92 bits per heavy atom. The summed E-state index contributed by atoms with van der Waals surface area (Å²) in [6, 6.07) is 7.57. The summed E-state index contributed by atoms with van der Waals surface area (Å²) in [5.74, 6) is 0.406. The average molecular weight is 365 g/mol. The molecule has 0 N–H and O–H groups in total. The van der Waals surface area contributed by atoms with E-state index in [4.69, 9.17) is 4.42 Å². The Bertz CT molecular complexity index is 979. The van der Waals surface area contributed by atoms with E-state index in [1.807, 2.05) is 26.0 Å². The van der Waals surface area contributed by atoms with Crippen molar-refractivity contribution in [1.82, 2.24) is 4.98 Å². The van der Waals surface area contributed by atoms with Gasteiger partial charge in [-0.15, -0.1) is 11.8 Å². The third kappa shape index (κ3) is 3.71. The largest absolute Gasteiger partial charge is 0.422 e. The van der Waals surface area contributed by atoms with Crippen molar-refractivity contribution in [1.29, 1.82) is 0 Å². The lowest BCUT2D eigenvalue weighted by molar-refractivity contribution is -0.137. The third-order valence-electron chi connectivity index (χ3n) is 3.96. The molecule has 2 aromatic heterocycles. The molecule has 3 aromatic rings. The first-order valence-electron chi connectivity index (χ1n) is 7.44. The molecule has 0 saturated heterocycles. The van der Waals surface area contributed by atoms with Crippen molar-refractivity contribution >= 4 is 22.7 Å². The first-order chi connectivity index (χ1) is 11.8. The molecule has 0 unspecified atom stereocenters. The Morgan fingerprint density at radius 3 is 2.56 bits per heavy atom. The predicted molar refractivity (Wildman–Crippen MR) is 90.8 cm³/mol. The van der Waals surface area contributed by atoms with E-state index in [-0.39, 0.29) is 0 Å². The van der Waals surface area contributed by atoms with Crippen molar-refractivity contribution in [2.24, 2.45) is 0 Å². The SMILES string of the molecule is Cc1ccc2c(CSc3ccc(C(F)(F)F)cn3)cc(=O)oc2c1C. The van der Waals surface area contributed by atoms with E-state index in [0.29, 0.717) is 16.4 Å². The minimum absolute atomic E-state index is 0.406. The second kappa shape index (κ2) is 6.55. The molecule has 0 aliphatic heterocycles. The van der Waals surface area contributed by atoms with Crippen molar-refractivity contribution in [2.45, 2.75) is 30.8 Å². The minimum atomic E-state index is -4.40. The van der Waals surface area contributed by atoms with Crippen molar-refractivity contribution in [3.63, 3.8) is 0 Å². The number of nitrogens with zero attached hydrogens (tertiary/aromatic N) is 1. The van der Waals surface area contributed by atoms with Gasteiger partial charge in [0.05, 0.1) is 10.6 Å². The molecule has 0 bridgehead atoms. The van der Waals surface area contributed by atoms with Gasteiger partial charge in [0.2, 0.25) is 0 Å². The monoisotopic (exact) mass is 365 g/mol. The van der Waals surface area contributed by atoms with Crippen LogP contribution in [0.3, 0.4) is 0 Å². The number of aromatic nitrogens is 1. The van der Waals surface area contributed by atoms with Crippen LogP contribution in [0.5, 0.6) is 0 Å². The Balaban J connectivity index is 1.89. The topological polar surface area (TPSA) is 43.1 Å². The van der Waals surface area contributed by atoms with E-state index in [9.17, 15) is 18.0 Å². The molecule has 0 fully saturated rings. The fourth-order valence-corrected chi connectivity index (χ4v) is 3.26. The number of benzene rings is 1. The molecule has 1 aromatic carbocycles. The Labute approximate surface area is 145 Å². The van der Waals surface area contributed by atoms with Crippen molar-refractivity contribution in [2.75, 3.05) is 0 Å². The van der Waals surface area contributed by atoms with Crippen LogP contribution < -0.4 is 5.63 Å². The quantitative estimate of drug-likeness (QED) is 0.477. The lowest BCUT2D eigenvalue weighted by atomic mass is 10.0. The van der Waals surface area contributed by atoms with E-state index < -0.39 is 17.4 Å². The molecule has 0 atom stereocenters. The van der Waals surface area contributed by atoms with Gasteiger partial charge in [0.1, 0.15) is 5.58 Å². The van der Waals surface area contributed by atoms with Gasteiger partial charge in [-0.2, -0.15) is 13.2 Å². The van der Waals surface area contributed by atoms with Gasteiger partial charge >= 0.3 is 11.8 Å². The van der Waals surface area contributed by atoms with E-state index in [1.165, 1.54) is 23.9 Å². The highest BCUT2D eigenvalue weighted by molar-refractivity contribution is 7.98. The van der Waals surface area contributed by atoms with E-state index in [1.54, 1.807) is 0 Å². The highest BCUT2D eigenvalue weighted by atomic mass is 32.2. The minimum Gasteiger partial charge on any atom is -0.422 e. The molecule has 0 radical (unpaired) electrons. The maximum absolute atomic E-state index is 12.6. The fourth-order valence-electron chi connectivity index (χ4n) is 2.43. The Hall–Kier alpha value is -2.28. The lowest BCUT2D eigenvalue weighted by Gasteiger charge is -2.09. The van der Waals surface area contributed by atoms with Crippen molar-refractivity contribution in [3.8, 4) is 0 Å². The molecule has 7 heteroatoms. The molecule has 2 heterocycles. The number of hydrogen-bond donors (Lipinski definition) is 0. The summed E-state index contributed by atoms with van der Waals surface area (Å²) >= 11 is 1.27. The molecular weight excluding hydrogens is 351 g/mol. The summed E-state index contributed by atoms with van der Waals surface area (Å²) in [7, 11) is 0. The molecule has 3 rings (SSSR count). The van der Waals surface area contributed by atoms with Gasteiger partial charge < -0.3 is 4.42 Å². The number of aryl methyl sites for hydroxylation is 2. The van der Waals surface area contributed by atoms with E-state index in [0.717, 1.165) is 34.3 Å². The molecule has 0 spiro atoms. The smallest absolute Gasteiger partial charge is 0.417 e. The van der Waals surface area contributed by atoms with Crippen molar-refractivity contribution < 1.29 is 17.6 Å². The molecule has 3 nitrogen and oxygen atoms in total. The average Bonchev–Trinajstić information content (AvgIpc) is 2.56. The molecule has 0 saturated carbocycles. The van der Waals surface area contributed by atoms with E-state index in [2.05, 4.69) is 4.98 Å². The summed E-state index contributed by atoms with van der Waals surface area (Å²) in [5.41, 5.74) is 1.99. The first kappa shape index (κ1) is 17.5. The van der Waals surface area contributed by atoms with Crippen LogP contribution in [0.1, 0.15) is 22.3 Å². The standard InChI is InChI=1S/C18H14F3NO2S/c1-10-3-5-14-12(7-16(23)24-17(14)11(10)2)9-25-15-6-4-13(8-22-15)18(19,20)21/h3-8H,9H2,1-2H3. The molecule has 0 aliphatic rings. The van der Waals surface area contributed by atoms with Crippen LogP contribution in [0.25, 0.3) is 11.0 Å². The summed E-state index contributed by atoms with van der Waals surface area (Å²) in [4.78, 5) is 15.7. The Kier molecular flexibility index (Phi) is 4.60. The van der Waals surface area contributed by atoms with Crippen LogP contribution in [-0.2, 0) is 11.9 Å². The first-order valence-corrected chi connectivity index (χ1v) is 8.43. The van der Waals surface area contributed by atoms with E-state index >= 15 is 0 Å². The maximum Gasteiger partial charge on any atom is 0.417 e. The number of fused-ring (bicyclic) bond motifs is 1. The van der Waals surface area contributed by atoms with Crippen molar-refractivity contribution in [3.05, 3.63) is 69.2 Å². The highest BCUT2D eigenvalue weighted by Crippen LogP contribution is 2.31. The predicted octanol–water partition coefficient (Wildman–Crippen LogP) is 5.12. The zero-order valence-corrected chi connectivity index (χ0v) is 14.3. The summed E-state index contributed by atoms with van der Waals surface area (Å²) < 4.78 is 43.0. The second-order valence-corrected chi connectivity index (χ2v) is 6.64. The van der Waals surface area contributed by atoms with Gasteiger partial charge in [-0.05, 0) is 42.7 Å². The van der Waals surface area contributed by atoms with Gasteiger partial charge in [-0.3, -0.25) is 0 Å². The van der Waals surface area contributed by atoms with Crippen LogP contribution >= 0.6 is 11.8 Å². The summed E-state index contributed by atoms with van der Waals surface area (Å²) in [5, 5.41) is 1.28. The summed E-state index contributed by atoms with van der Waals surface area (Å²) in [6.45, 7) is 3.82. The Morgan fingerprint density at radius 1 is 1.16 bits per heavy atom. The van der Waals surface area contributed by atoms with Gasteiger partial charge in [-0.1, -0.05) is 12.1 Å². The number of pyridine rings is 1. The molecular formula is C18H14F3NO2S. The zero-order valence-electron chi connectivity index (χ0n) is 13.5. The third-order valence-corrected chi connectivity index (χ3v) is 4.95. The van der Waals surface area contributed by atoms with Crippen LogP contribution in [0.2, 0.25) is 0 Å². The van der Waals surface area contributed by atoms with Gasteiger partial charge in [-0.25, -0.2) is 9.78 Å². The number of hydrogen-bond acceptors (Lipinski definition) is 4. The van der Waals surface area contributed by atoms with Crippen LogP contribution in [0.15, 0.2) is 50.8 Å². The number of thioether (sulfide) groups is 1. The van der Waals surface area contributed by atoms with Gasteiger partial charge in [0.25, 0.3) is 0 Å². The normalized spacial score (nSPS) is 11.9. The molecule has 25 heavy (non-hydrogen) atoms. The molecule has 0 amide bonds. The van der Waals surface area contributed by atoms with Crippen LogP contribution in [0, 0.1) is 13.8 Å². The van der Waals surface area contributed by atoms with Crippen LogP contribution in [0.4, 0.5) is 13.2 Å². The number of rotatable bonds is 3. The fraction of sp³-hybridized carbons (Fsp3) is 0.222. The number of alkyl halides is 3. The number of halogens is 3. The zero-order chi connectivity index (χ0) is 18.2. The van der Waals surface area contributed by atoms with Crippen LogP contribution in [-0.4, -0.2) is 4.98 Å². The lowest BCUT2D eigenvalue weighted by Crippen LogP contribution is -2.05. The molecule has 130 valence electrons. The maximum atomic E-state index is 12.6. The highest BCUT2D eigenvalue weighted by Gasteiger charge is 2.30. The molecule has 0 aliphatic carbocycles. The summed E-state index contributed by atoms with van der Waals surface area (Å²) in [6.07, 6.45) is -3.59. The second-order valence-electron chi connectivity index (χ2n) is 5.65. The van der Waals surface area contributed by atoms with Gasteiger partial charge in [0, 0.05) is 23.4 Å².